The van der Waals surface area contributed by atoms with Gasteiger partial charge in [-0.25, -0.2) is 8.42 Å². The second-order valence-corrected chi connectivity index (χ2v) is 10.8. The molecule has 1 aliphatic heterocycles. The summed E-state index contributed by atoms with van der Waals surface area (Å²) in [6.45, 7) is 1.63. The van der Waals surface area contributed by atoms with Crippen molar-refractivity contribution in [3.05, 3.63) is 30.3 Å². The van der Waals surface area contributed by atoms with Crippen molar-refractivity contribution in [2.45, 2.75) is 27.5 Å². The number of benzene rings is 1. The van der Waals surface area contributed by atoms with E-state index >= 15 is 0 Å². The second-order valence-electron chi connectivity index (χ2n) is 4.63. The predicted molar refractivity (Wildman–Crippen MR) is 84.9 cm³/mol. The molecule has 0 unspecified atom stereocenters. The van der Waals surface area contributed by atoms with Gasteiger partial charge in [-0.3, -0.25) is 4.57 Å². The van der Waals surface area contributed by atoms with Crippen LogP contribution in [0.5, 0.6) is 0 Å². The third kappa shape index (κ3) is 4.16. The van der Waals surface area contributed by atoms with E-state index in [9.17, 15) is 13.0 Å². The van der Waals surface area contributed by atoms with Crippen molar-refractivity contribution in [2.75, 3.05) is 6.61 Å². The van der Waals surface area contributed by atoms with E-state index in [2.05, 4.69) is 4.72 Å². The van der Waals surface area contributed by atoms with Gasteiger partial charge in [0.15, 0.2) is 5.78 Å². The van der Waals surface area contributed by atoms with E-state index in [-0.39, 0.29) is 11.5 Å². The molecule has 1 fully saturated rings. The Labute approximate surface area is 143 Å². The van der Waals surface area contributed by atoms with Crippen molar-refractivity contribution >= 4 is 52.4 Å². The van der Waals surface area contributed by atoms with E-state index in [4.69, 9.17) is 43.9 Å². The molecular formula is C11H13Cl3NO5PS. The van der Waals surface area contributed by atoms with Gasteiger partial charge in [0.25, 0.3) is 0 Å². The van der Waals surface area contributed by atoms with Gasteiger partial charge >= 0.3 is 7.60 Å². The Morgan fingerprint density at radius 2 is 1.91 bits per heavy atom. The monoisotopic (exact) mass is 407 g/mol. The minimum absolute atomic E-state index is 0.0155. The Morgan fingerprint density at radius 1 is 1.32 bits per heavy atom. The molecule has 1 saturated heterocycles. The summed E-state index contributed by atoms with van der Waals surface area (Å²) in [5.41, 5.74) is 0. The molecule has 22 heavy (non-hydrogen) atoms. The number of nitrogens with one attached hydrogen (secondary N) is 1. The molecule has 0 aromatic heterocycles. The standard InChI is InChI=1S/C11H13Cl3NO5PS/c1-8-7-19-21(16,20-8)10(11(12,13)14)15-22(17,18)9-5-3-2-4-6-9/h2-6,8,10,15H,7H2,1H3/t8-,10-,21-/m0/s1. The van der Waals surface area contributed by atoms with E-state index in [1.165, 1.54) is 24.3 Å². The van der Waals surface area contributed by atoms with Crippen LogP contribution in [0.1, 0.15) is 6.92 Å². The zero-order chi connectivity index (χ0) is 16.6. The van der Waals surface area contributed by atoms with Crippen LogP contribution in [-0.4, -0.2) is 30.7 Å². The lowest BCUT2D eigenvalue weighted by atomic mass is 10.4. The molecule has 1 aliphatic rings. The molecule has 1 heterocycles. The Hall–Kier alpha value is 0.150. The molecular weight excluding hydrogens is 396 g/mol. The van der Waals surface area contributed by atoms with Crippen molar-refractivity contribution in [2.24, 2.45) is 0 Å². The van der Waals surface area contributed by atoms with Gasteiger partial charge in [0.2, 0.25) is 13.8 Å². The van der Waals surface area contributed by atoms with Crippen LogP contribution >= 0.6 is 42.4 Å². The number of rotatable bonds is 4. The van der Waals surface area contributed by atoms with Gasteiger partial charge < -0.3 is 9.05 Å². The molecule has 124 valence electrons. The SMILES string of the molecule is C[C@H]1CO[P@@](=O)([C@H](NS(=O)(=O)c2ccccc2)C(Cl)(Cl)Cl)O1. The number of alkyl halides is 3. The summed E-state index contributed by atoms with van der Waals surface area (Å²) in [6.07, 6.45) is -0.498. The first-order chi connectivity index (χ1) is 10.0. The zero-order valence-electron chi connectivity index (χ0n) is 11.3. The first-order valence-electron chi connectivity index (χ1n) is 6.11. The highest BCUT2D eigenvalue weighted by Gasteiger charge is 2.54. The molecule has 2 rings (SSSR count). The van der Waals surface area contributed by atoms with Crippen molar-refractivity contribution in [3.63, 3.8) is 0 Å². The molecule has 1 N–H and O–H groups in total. The van der Waals surface area contributed by atoms with Crippen molar-refractivity contribution in [1.82, 2.24) is 4.72 Å². The van der Waals surface area contributed by atoms with Crippen molar-refractivity contribution in [3.8, 4) is 0 Å². The second kappa shape index (κ2) is 6.57. The van der Waals surface area contributed by atoms with E-state index in [0.29, 0.717) is 0 Å². The minimum atomic E-state index is -4.07. The third-order valence-electron chi connectivity index (χ3n) is 2.76. The summed E-state index contributed by atoms with van der Waals surface area (Å²) in [7, 11) is -8.03. The van der Waals surface area contributed by atoms with E-state index < -0.39 is 33.3 Å². The molecule has 0 spiro atoms. The van der Waals surface area contributed by atoms with Gasteiger partial charge in [0, 0.05) is 0 Å². The van der Waals surface area contributed by atoms with Crippen LogP contribution < -0.4 is 4.72 Å². The molecule has 0 bridgehead atoms. The molecule has 0 radical (unpaired) electrons. The highest BCUT2D eigenvalue weighted by atomic mass is 35.6. The quantitative estimate of drug-likeness (QED) is 0.611. The lowest BCUT2D eigenvalue weighted by Gasteiger charge is -2.28. The first-order valence-corrected chi connectivity index (χ1v) is 10.3. The molecule has 3 atom stereocenters. The fourth-order valence-corrected chi connectivity index (χ4v) is 6.94. The van der Waals surface area contributed by atoms with E-state index in [0.717, 1.165) is 0 Å². The van der Waals surface area contributed by atoms with Gasteiger partial charge in [0.05, 0.1) is 17.6 Å². The summed E-state index contributed by atoms with van der Waals surface area (Å²) >= 11 is 17.3. The summed E-state index contributed by atoms with van der Waals surface area (Å²) in [5, 5.41) is 0. The van der Waals surface area contributed by atoms with Crippen LogP contribution in [0, 0.1) is 0 Å². The highest BCUT2D eigenvalue weighted by molar-refractivity contribution is 7.89. The molecule has 11 heteroatoms. The van der Waals surface area contributed by atoms with Crippen molar-refractivity contribution < 1.29 is 22.0 Å². The van der Waals surface area contributed by atoms with Crippen LogP contribution in [0.2, 0.25) is 0 Å². The maximum atomic E-state index is 12.7. The average Bonchev–Trinajstić information content (AvgIpc) is 2.76. The maximum absolute atomic E-state index is 12.7. The number of sulfonamides is 1. The fourth-order valence-electron chi connectivity index (χ4n) is 1.78. The summed E-state index contributed by atoms with van der Waals surface area (Å²) < 4.78 is 47.5. The normalized spacial score (nSPS) is 27.7. The Morgan fingerprint density at radius 3 is 2.36 bits per heavy atom. The minimum Gasteiger partial charge on any atom is -0.305 e. The zero-order valence-corrected chi connectivity index (χ0v) is 15.3. The predicted octanol–water partition coefficient (Wildman–Crippen LogP) is 3.29. The van der Waals surface area contributed by atoms with E-state index in [1.54, 1.807) is 13.0 Å². The Balaban J connectivity index is 2.35. The lowest BCUT2D eigenvalue weighted by molar-refractivity contribution is 0.254. The van der Waals surface area contributed by atoms with Gasteiger partial charge in [-0.05, 0) is 19.1 Å². The van der Waals surface area contributed by atoms with Gasteiger partial charge in [-0.15, -0.1) is 0 Å². The van der Waals surface area contributed by atoms with Crippen molar-refractivity contribution in [1.29, 1.82) is 0 Å². The molecule has 1 aromatic carbocycles. The van der Waals surface area contributed by atoms with E-state index in [1.807, 2.05) is 0 Å². The number of hydrogen-bond donors (Lipinski definition) is 1. The largest absolute Gasteiger partial charge is 0.353 e. The Kier molecular flexibility index (Phi) is 5.52. The van der Waals surface area contributed by atoms with Crippen LogP contribution in [0.3, 0.4) is 0 Å². The lowest BCUT2D eigenvalue weighted by Crippen LogP contribution is -2.43. The summed E-state index contributed by atoms with van der Waals surface area (Å²) in [4.78, 5) is -0.0619. The van der Waals surface area contributed by atoms with Crippen LogP contribution in [0.25, 0.3) is 0 Å². The van der Waals surface area contributed by atoms with Crippen LogP contribution in [-0.2, 0) is 23.6 Å². The third-order valence-corrected chi connectivity index (χ3v) is 7.80. The number of halogens is 3. The molecule has 1 aromatic rings. The molecule has 0 saturated carbocycles. The van der Waals surface area contributed by atoms with Crippen LogP contribution in [0.15, 0.2) is 35.2 Å². The highest BCUT2D eigenvalue weighted by Crippen LogP contribution is 2.62. The molecule has 6 nitrogen and oxygen atoms in total. The smallest absolute Gasteiger partial charge is 0.305 e. The molecule has 0 aliphatic carbocycles. The average molecular weight is 409 g/mol. The Bertz CT molecular complexity index is 679. The maximum Gasteiger partial charge on any atom is 0.353 e. The topological polar surface area (TPSA) is 81.7 Å². The summed E-state index contributed by atoms with van der Waals surface area (Å²) in [5.74, 6) is -1.67. The summed E-state index contributed by atoms with van der Waals surface area (Å²) in [6, 6.07) is 7.43. The molecule has 0 amide bonds. The first kappa shape index (κ1) is 18.5. The number of hydrogen-bond acceptors (Lipinski definition) is 5. The van der Waals surface area contributed by atoms with Crippen LogP contribution in [0.4, 0.5) is 0 Å². The van der Waals surface area contributed by atoms with Gasteiger partial charge in [-0.2, -0.15) is 4.72 Å². The fraction of sp³-hybridized carbons (Fsp3) is 0.455. The van der Waals surface area contributed by atoms with Gasteiger partial charge in [-0.1, -0.05) is 53.0 Å². The van der Waals surface area contributed by atoms with Gasteiger partial charge in [0.1, 0.15) is 0 Å².